The first kappa shape index (κ1) is 20.0. The number of hydrogen-bond donors (Lipinski definition) is 2. The Morgan fingerprint density at radius 2 is 1.71 bits per heavy atom. The Labute approximate surface area is 139 Å². The zero-order valence-corrected chi connectivity index (χ0v) is 14.0. The molecule has 1 unspecified atom stereocenters. The average molecular weight is 346 g/mol. The smallest absolute Gasteiger partial charge is 0.338 e. The van der Waals surface area contributed by atoms with Gasteiger partial charge in [0.25, 0.3) is 11.8 Å². The van der Waals surface area contributed by atoms with Gasteiger partial charge in [0.1, 0.15) is 0 Å². The van der Waals surface area contributed by atoms with Crippen molar-refractivity contribution in [2.45, 2.75) is 20.0 Å². The Balaban J connectivity index is 2.66. The highest BCUT2D eigenvalue weighted by atomic mass is 19.4. The van der Waals surface area contributed by atoms with Crippen molar-refractivity contribution in [2.24, 2.45) is 0 Å². The number of carbonyl (C=O) groups excluding carboxylic acids is 2. The van der Waals surface area contributed by atoms with Crippen LogP contribution in [0.5, 0.6) is 0 Å². The molecule has 24 heavy (non-hydrogen) atoms. The molecule has 2 N–H and O–H groups in total. The third-order valence-corrected chi connectivity index (χ3v) is 3.54. The maximum Gasteiger partial charge on any atom is 0.418 e. The highest BCUT2D eigenvalue weighted by molar-refractivity contribution is 5.92. The van der Waals surface area contributed by atoms with Crippen LogP contribution in [0.3, 0.4) is 0 Å². The normalized spacial score (nSPS) is 12.6. The topological polar surface area (TPSA) is 53.9 Å². The van der Waals surface area contributed by atoms with Gasteiger partial charge in [-0.15, -0.1) is 0 Å². The van der Waals surface area contributed by atoms with Crippen LogP contribution in [0.25, 0.3) is 0 Å². The number of anilines is 1. The number of nitrogens with zero attached hydrogens (tertiary/aromatic N) is 1. The van der Waals surface area contributed by atoms with Gasteiger partial charge < -0.3 is 15.1 Å². The number of quaternary nitrogens is 1. The van der Waals surface area contributed by atoms with Gasteiger partial charge in [-0.25, -0.2) is 0 Å². The Hall–Kier alpha value is -2.09. The average Bonchev–Trinajstić information content (AvgIpc) is 2.47. The maximum atomic E-state index is 12.9. The van der Waals surface area contributed by atoms with Crippen molar-refractivity contribution in [3.8, 4) is 0 Å². The van der Waals surface area contributed by atoms with Crippen molar-refractivity contribution in [1.82, 2.24) is 4.90 Å². The summed E-state index contributed by atoms with van der Waals surface area (Å²) in [6.07, 6.45) is -4.54. The standard InChI is InChI=1S/C16H22F3N3O2/c1-4-22(5-2)15(24)11-21(3)10-14(23)20-13-9-7-6-8-12(13)16(17,18)19/h6-9H,4-5,10-11H2,1-3H3,(H,20,23)/p+1. The van der Waals surface area contributed by atoms with Crippen molar-refractivity contribution < 1.29 is 27.7 Å². The van der Waals surface area contributed by atoms with E-state index >= 15 is 0 Å². The van der Waals surface area contributed by atoms with Crippen molar-refractivity contribution in [3.63, 3.8) is 0 Å². The molecule has 1 atom stereocenters. The SMILES string of the molecule is CCN(CC)C(=O)C[NH+](C)CC(=O)Nc1ccccc1C(F)(F)F. The van der Waals surface area contributed by atoms with Gasteiger partial charge in [0.15, 0.2) is 13.1 Å². The van der Waals surface area contributed by atoms with Gasteiger partial charge >= 0.3 is 6.18 Å². The third-order valence-electron chi connectivity index (χ3n) is 3.54. The van der Waals surface area contributed by atoms with E-state index < -0.39 is 17.6 Å². The lowest BCUT2D eigenvalue weighted by Crippen LogP contribution is -3.11. The molecule has 8 heteroatoms. The molecule has 0 heterocycles. The van der Waals surface area contributed by atoms with Gasteiger partial charge in [-0.1, -0.05) is 12.1 Å². The molecule has 0 spiro atoms. The molecule has 0 aliphatic heterocycles. The van der Waals surface area contributed by atoms with Gasteiger partial charge in [0.05, 0.1) is 18.3 Å². The first-order valence-corrected chi connectivity index (χ1v) is 7.74. The molecular weight excluding hydrogens is 323 g/mol. The fourth-order valence-electron chi connectivity index (χ4n) is 2.32. The van der Waals surface area contributed by atoms with Gasteiger partial charge in [-0.2, -0.15) is 13.2 Å². The molecule has 5 nitrogen and oxygen atoms in total. The quantitative estimate of drug-likeness (QED) is 0.775. The van der Waals surface area contributed by atoms with E-state index in [1.54, 1.807) is 11.9 Å². The lowest BCUT2D eigenvalue weighted by Gasteiger charge is -2.21. The van der Waals surface area contributed by atoms with Crippen LogP contribution in [0.15, 0.2) is 24.3 Å². The number of likely N-dealkylation sites (N-methyl/N-ethyl adjacent to an activating group) is 2. The first-order valence-electron chi connectivity index (χ1n) is 7.74. The summed E-state index contributed by atoms with van der Waals surface area (Å²) in [6, 6.07) is 4.80. The molecule has 0 saturated heterocycles. The van der Waals surface area contributed by atoms with Crippen LogP contribution in [0.4, 0.5) is 18.9 Å². The van der Waals surface area contributed by atoms with E-state index in [9.17, 15) is 22.8 Å². The number of carbonyl (C=O) groups is 2. The molecule has 2 amide bonds. The number of amides is 2. The summed E-state index contributed by atoms with van der Waals surface area (Å²) in [6.45, 7) is 4.88. The van der Waals surface area contributed by atoms with E-state index in [-0.39, 0.29) is 24.7 Å². The van der Waals surface area contributed by atoms with Gasteiger partial charge in [0.2, 0.25) is 0 Å². The molecular formula is C16H23F3N3O2+. The number of halogens is 3. The molecule has 134 valence electrons. The van der Waals surface area contributed by atoms with Gasteiger partial charge in [0, 0.05) is 13.1 Å². The summed E-state index contributed by atoms with van der Waals surface area (Å²) in [4.78, 5) is 26.2. The first-order chi connectivity index (χ1) is 11.2. The number of alkyl halides is 3. The third kappa shape index (κ3) is 5.84. The number of rotatable bonds is 7. The van der Waals surface area contributed by atoms with E-state index in [2.05, 4.69) is 5.32 Å². The molecule has 1 rings (SSSR count). The minimum Gasteiger partial charge on any atom is -0.338 e. The lowest BCUT2D eigenvalue weighted by atomic mass is 10.1. The van der Waals surface area contributed by atoms with Crippen LogP contribution >= 0.6 is 0 Å². The van der Waals surface area contributed by atoms with Crippen molar-refractivity contribution in [3.05, 3.63) is 29.8 Å². The van der Waals surface area contributed by atoms with Crippen LogP contribution in [-0.4, -0.2) is 49.9 Å². The zero-order valence-electron chi connectivity index (χ0n) is 14.0. The Morgan fingerprint density at radius 3 is 2.25 bits per heavy atom. The predicted molar refractivity (Wildman–Crippen MR) is 84.6 cm³/mol. The highest BCUT2D eigenvalue weighted by Crippen LogP contribution is 2.34. The van der Waals surface area contributed by atoms with Crippen molar-refractivity contribution >= 4 is 17.5 Å². The second-order valence-electron chi connectivity index (χ2n) is 5.47. The zero-order chi connectivity index (χ0) is 18.3. The Bertz CT molecular complexity index is 572. The number of hydrogen-bond acceptors (Lipinski definition) is 2. The Kier molecular flexibility index (Phi) is 7.21. The summed E-state index contributed by atoms with van der Waals surface area (Å²) in [5, 5.41) is 2.27. The second-order valence-corrected chi connectivity index (χ2v) is 5.47. The number of nitrogens with one attached hydrogen (secondary N) is 2. The van der Waals surface area contributed by atoms with Gasteiger partial charge in [-0.3, -0.25) is 9.59 Å². The fourth-order valence-corrected chi connectivity index (χ4v) is 2.32. The molecule has 0 bridgehead atoms. The highest BCUT2D eigenvalue weighted by Gasteiger charge is 2.33. The summed E-state index contributed by atoms with van der Waals surface area (Å²) >= 11 is 0. The Morgan fingerprint density at radius 1 is 1.12 bits per heavy atom. The molecule has 0 fully saturated rings. The maximum absolute atomic E-state index is 12.9. The van der Waals surface area contributed by atoms with Crippen molar-refractivity contribution in [2.75, 3.05) is 38.5 Å². The fraction of sp³-hybridized carbons (Fsp3) is 0.500. The van der Waals surface area contributed by atoms with Gasteiger partial charge in [-0.05, 0) is 26.0 Å². The number of benzene rings is 1. The van der Waals surface area contributed by atoms with E-state index in [0.29, 0.717) is 18.0 Å². The van der Waals surface area contributed by atoms with Crippen molar-refractivity contribution in [1.29, 1.82) is 0 Å². The summed E-state index contributed by atoms with van der Waals surface area (Å²) in [5.74, 6) is -0.669. The summed E-state index contributed by atoms with van der Waals surface area (Å²) in [7, 11) is 1.65. The van der Waals surface area contributed by atoms with Crippen LogP contribution in [0, 0.1) is 0 Å². The van der Waals surface area contributed by atoms with E-state index in [4.69, 9.17) is 0 Å². The summed E-state index contributed by atoms with van der Waals surface area (Å²) < 4.78 is 38.7. The molecule has 0 aromatic heterocycles. The van der Waals surface area contributed by atoms with Crippen LogP contribution < -0.4 is 10.2 Å². The number of para-hydroxylation sites is 1. The molecule has 0 radical (unpaired) electrons. The minimum atomic E-state index is -4.54. The summed E-state index contributed by atoms with van der Waals surface area (Å²) in [5.41, 5.74) is -1.17. The van der Waals surface area contributed by atoms with Crippen LogP contribution in [0.2, 0.25) is 0 Å². The van der Waals surface area contributed by atoms with Crippen LogP contribution in [0.1, 0.15) is 19.4 Å². The molecule has 0 aliphatic carbocycles. The molecule has 1 aromatic rings. The lowest BCUT2D eigenvalue weighted by molar-refractivity contribution is -0.862. The largest absolute Gasteiger partial charge is 0.418 e. The second kappa shape index (κ2) is 8.68. The van der Waals surface area contributed by atoms with Crippen LogP contribution in [-0.2, 0) is 15.8 Å². The van der Waals surface area contributed by atoms with E-state index in [1.807, 2.05) is 13.8 Å². The molecule has 0 aliphatic rings. The molecule has 0 saturated carbocycles. The monoisotopic (exact) mass is 346 g/mol. The molecule has 1 aromatic carbocycles. The minimum absolute atomic E-state index is 0.0963. The van der Waals surface area contributed by atoms with E-state index in [0.717, 1.165) is 6.07 Å². The predicted octanol–water partition coefficient (Wildman–Crippen LogP) is 1.03. The van der Waals surface area contributed by atoms with E-state index in [1.165, 1.54) is 18.2 Å².